The van der Waals surface area contributed by atoms with Crippen LogP contribution in [-0.4, -0.2) is 19.3 Å². The molecule has 0 radical (unpaired) electrons. The molecular weight excluding hydrogens is 188 g/mol. The van der Waals surface area contributed by atoms with Gasteiger partial charge in [0.1, 0.15) is 5.75 Å². The van der Waals surface area contributed by atoms with Crippen molar-refractivity contribution in [3.63, 3.8) is 0 Å². The van der Waals surface area contributed by atoms with Gasteiger partial charge in [0.25, 0.3) is 0 Å². The van der Waals surface area contributed by atoms with E-state index >= 15 is 0 Å². The van der Waals surface area contributed by atoms with Gasteiger partial charge in [-0.1, -0.05) is 19.1 Å². The first kappa shape index (κ1) is 10.1. The third kappa shape index (κ3) is 3.06. The lowest BCUT2D eigenvalue weighted by molar-refractivity contribution is 0.475. The van der Waals surface area contributed by atoms with E-state index in [1.165, 1.54) is 12.1 Å². The molecule has 1 rings (SSSR count). The highest BCUT2D eigenvalue weighted by Crippen LogP contribution is 2.12. The number of sulfone groups is 1. The highest BCUT2D eigenvalue weighted by Gasteiger charge is 2.07. The maximum absolute atomic E-state index is 11.2. The lowest BCUT2D eigenvalue weighted by atomic mass is 10.2. The zero-order chi connectivity index (χ0) is 9.90. The Balaban J connectivity index is 2.82. The Kier molecular flexibility index (Phi) is 2.93. The summed E-state index contributed by atoms with van der Waals surface area (Å²) in [6.07, 6.45) is 0. The van der Waals surface area contributed by atoms with Gasteiger partial charge in [0.15, 0.2) is 9.84 Å². The standard InChI is InChI=1S/C9H12O3S/c1-2-13(11,12)7-8-3-5-9(10)6-4-8/h3-6,10H,2,7H2,1H3. The molecule has 1 N–H and O–H groups in total. The monoisotopic (exact) mass is 200 g/mol. The molecule has 1 aromatic rings. The summed E-state index contributed by atoms with van der Waals surface area (Å²) >= 11 is 0. The van der Waals surface area contributed by atoms with Crippen LogP contribution in [-0.2, 0) is 15.6 Å². The highest BCUT2D eigenvalue weighted by atomic mass is 32.2. The van der Waals surface area contributed by atoms with E-state index in [2.05, 4.69) is 0 Å². The van der Waals surface area contributed by atoms with Crippen LogP contribution in [0.3, 0.4) is 0 Å². The summed E-state index contributed by atoms with van der Waals surface area (Å²) in [5.41, 5.74) is 0.708. The molecule has 1 aromatic carbocycles. The van der Waals surface area contributed by atoms with Crippen molar-refractivity contribution in [2.24, 2.45) is 0 Å². The van der Waals surface area contributed by atoms with E-state index in [0.29, 0.717) is 5.56 Å². The molecule has 13 heavy (non-hydrogen) atoms. The second-order valence-electron chi connectivity index (χ2n) is 2.84. The number of phenols is 1. The molecule has 0 atom stereocenters. The molecule has 0 aliphatic rings. The van der Waals surface area contributed by atoms with Crippen LogP contribution in [0.25, 0.3) is 0 Å². The Morgan fingerprint density at radius 3 is 2.23 bits per heavy atom. The summed E-state index contributed by atoms with van der Waals surface area (Å²) in [5.74, 6) is 0.343. The predicted molar refractivity (Wildman–Crippen MR) is 51.3 cm³/mol. The summed E-state index contributed by atoms with van der Waals surface area (Å²) in [5, 5.41) is 8.96. The Morgan fingerprint density at radius 2 is 1.77 bits per heavy atom. The fourth-order valence-electron chi connectivity index (χ4n) is 0.948. The average Bonchev–Trinajstić information content (AvgIpc) is 2.09. The number of rotatable bonds is 3. The van der Waals surface area contributed by atoms with E-state index in [1.54, 1.807) is 19.1 Å². The van der Waals surface area contributed by atoms with Crippen molar-refractivity contribution < 1.29 is 13.5 Å². The first-order chi connectivity index (χ1) is 6.03. The van der Waals surface area contributed by atoms with E-state index < -0.39 is 9.84 Å². The molecule has 0 aromatic heterocycles. The molecule has 0 unspecified atom stereocenters. The van der Waals surface area contributed by atoms with E-state index in [1.807, 2.05) is 0 Å². The SMILES string of the molecule is CCS(=O)(=O)Cc1ccc(O)cc1. The van der Waals surface area contributed by atoms with Crippen molar-refractivity contribution in [3.05, 3.63) is 29.8 Å². The van der Waals surface area contributed by atoms with Gasteiger partial charge in [-0.15, -0.1) is 0 Å². The van der Waals surface area contributed by atoms with Gasteiger partial charge < -0.3 is 5.11 Å². The van der Waals surface area contributed by atoms with Gasteiger partial charge in [0.05, 0.1) is 5.75 Å². The molecule has 0 bridgehead atoms. The Labute approximate surface area is 77.9 Å². The quantitative estimate of drug-likeness (QED) is 0.800. The maximum Gasteiger partial charge on any atom is 0.154 e. The van der Waals surface area contributed by atoms with Crippen molar-refractivity contribution in [3.8, 4) is 5.75 Å². The first-order valence-electron chi connectivity index (χ1n) is 4.02. The molecule has 72 valence electrons. The van der Waals surface area contributed by atoms with Crippen LogP contribution in [0.15, 0.2) is 24.3 Å². The van der Waals surface area contributed by atoms with Crippen LogP contribution < -0.4 is 0 Å². The molecule has 3 nitrogen and oxygen atoms in total. The molecule has 0 aliphatic carbocycles. The van der Waals surface area contributed by atoms with Gasteiger partial charge in [0, 0.05) is 5.75 Å². The number of hydrogen-bond donors (Lipinski definition) is 1. The Morgan fingerprint density at radius 1 is 1.23 bits per heavy atom. The van der Waals surface area contributed by atoms with Crippen LogP contribution in [0.4, 0.5) is 0 Å². The molecule has 0 heterocycles. The molecule has 0 amide bonds. The molecule has 0 fully saturated rings. The van der Waals surface area contributed by atoms with Crippen molar-refractivity contribution >= 4 is 9.84 Å². The van der Waals surface area contributed by atoms with Crippen LogP contribution in [0, 0.1) is 0 Å². The molecule has 0 saturated carbocycles. The van der Waals surface area contributed by atoms with Gasteiger partial charge >= 0.3 is 0 Å². The van der Waals surface area contributed by atoms with Crippen molar-refractivity contribution in [1.29, 1.82) is 0 Å². The fraction of sp³-hybridized carbons (Fsp3) is 0.333. The Bertz CT molecular complexity index is 364. The zero-order valence-corrected chi connectivity index (χ0v) is 8.21. The second kappa shape index (κ2) is 3.79. The van der Waals surface area contributed by atoms with Crippen LogP contribution in [0.1, 0.15) is 12.5 Å². The molecule has 0 saturated heterocycles. The summed E-state index contributed by atoms with van der Waals surface area (Å²) in [4.78, 5) is 0. The van der Waals surface area contributed by atoms with Gasteiger partial charge in [0.2, 0.25) is 0 Å². The predicted octanol–water partition coefficient (Wildman–Crippen LogP) is 1.33. The molecule has 4 heteroatoms. The van der Waals surface area contributed by atoms with Crippen LogP contribution in [0.2, 0.25) is 0 Å². The van der Waals surface area contributed by atoms with Crippen molar-refractivity contribution in [2.75, 3.05) is 5.75 Å². The zero-order valence-electron chi connectivity index (χ0n) is 7.40. The van der Waals surface area contributed by atoms with Gasteiger partial charge in [-0.3, -0.25) is 0 Å². The van der Waals surface area contributed by atoms with E-state index in [4.69, 9.17) is 5.11 Å². The second-order valence-corrected chi connectivity index (χ2v) is 5.20. The first-order valence-corrected chi connectivity index (χ1v) is 5.84. The molecule has 0 aliphatic heterocycles. The molecular formula is C9H12O3S. The van der Waals surface area contributed by atoms with E-state index in [0.717, 1.165) is 0 Å². The number of hydrogen-bond acceptors (Lipinski definition) is 3. The van der Waals surface area contributed by atoms with Gasteiger partial charge in [-0.2, -0.15) is 0 Å². The average molecular weight is 200 g/mol. The maximum atomic E-state index is 11.2. The van der Waals surface area contributed by atoms with Gasteiger partial charge in [-0.25, -0.2) is 8.42 Å². The summed E-state index contributed by atoms with van der Waals surface area (Å²) < 4.78 is 22.4. The minimum Gasteiger partial charge on any atom is -0.508 e. The topological polar surface area (TPSA) is 54.4 Å². The third-order valence-electron chi connectivity index (χ3n) is 1.76. The summed E-state index contributed by atoms with van der Waals surface area (Å²) in [7, 11) is -2.97. The largest absolute Gasteiger partial charge is 0.508 e. The lowest BCUT2D eigenvalue weighted by Gasteiger charge is -2.01. The highest BCUT2D eigenvalue weighted by molar-refractivity contribution is 7.90. The van der Waals surface area contributed by atoms with E-state index in [-0.39, 0.29) is 17.3 Å². The van der Waals surface area contributed by atoms with E-state index in [9.17, 15) is 8.42 Å². The van der Waals surface area contributed by atoms with Crippen molar-refractivity contribution in [1.82, 2.24) is 0 Å². The lowest BCUT2D eigenvalue weighted by Crippen LogP contribution is -2.06. The van der Waals surface area contributed by atoms with Crippen LogP contribution in [0.5, 0.6) is 5.75 Å². The van der Waals surface area contributed by atoms with Crippen molar-refractivity contribution in [2.45, 2.75) is 12.7 Å². The van der Waals surface area contributed by atoms with Crippen LogP contribution >= 0.6 is 0 Å². The summed E-state index contributed by atoms with van der Waals surface area (Å²) in [6.45, 7) is 1.62. The smallest absolute Gasteiger partial charge is 0.154 e. The normalized spacial score (nSPS) is 11.5. The number of benzene rings is 1. The Hall–Kier alpha value is -1.03. The number of phenolic OH excluding ortho intramolecular Hbond substituents is 1. The van der Waals surface area contributed by atoms with Gasteiger partial charge in [-0.05, 0) is 17.7 Å². The minimum absolute atomic E-state index is 0.0454. The third-order valence-corrected chi connectivity index (χ3v) is 3.42. The molecule has 0 spiro atoms. The number of aromatic hydroxyl groups is 1. The fourth-order valence-corrected chi connectivity index (χ4v) is 1.85. The summed E-state index contributed by atoms with van der Waals surface area (Å²) in [6, 6.07) is 6.20. The minimum atomic E-state index is -2.97.